The van der Waals surface area contributed by atoms with E-state index < -0.39 is 0 Å². The van der Waals surface area contributed by atoms with Gasteiger partial charge in [0.25, 0.3) is 0 Å². The summed E-state index contributed by atoms with van der Waals surface area (Å²) in [5, 5.41) is 8.97. The molecule has 0 aliphatic rings. The monoisotopic (exact) mass is 162 g/mol. The maximum absolute atomic E-state index is 8.97. The van der Waals surface area contributed by atoms with Gasteiger partial charge in [0.2, 0.25) is 0 Å². The molecule has 0 unspecified atom stereocenters. The minimum atomic E-state index is -0.0149. The Morgan fingerprint density at radius 2 is 2.33 bits per heavy atom. The Hall–Kier alpha value is -1.35. The number of aliphatic hydroxyl groups is 1. The SMILES string of the molecule is Cc1nc(CO)n2ccccc12. The van der Waals surface area contributed by atoms with Gasteiger partial charge in [0.15, 0.2) is 0 Å². The molecule has 0 saturated carbocycles. The Morgan fingerprint density at radius 3 is 3.08 bits per heavy atom. The summed E-state index contributed by atoms with van der Waals surface area (Å²) < 4.78 is 1.90. The fraction of sp³-hybridized carbons (Fsp3) is 0.222. The molecule has 2 aromatic rings. The first kappa shape index (κ1) is 7.31. The zero-order valence-corrected chi connectivity index (χ0v) is 6.86. The van der Waals surface area contributed by atoms with Crippen molar-refractivity contribution in [1.82, 2.24) is 9.38 Å². The third kappa shape index (κ3) is 0.905. The van der Waals surface area contributed by atoms with Crippen molar-refractivity contribution in [3.05, 3.63) is 35.9 Å². The van der Waals surface area contributed by atoms with Gasteiger partial charge in [-0.3, -0.25) is 0 Å². The third-order valence-corrected chi connectivity index (χ3v) is 1.95. The Labute approximate surface area is 70.3 Å². The Kier molecular flexibility index (Phi) is 1.59. The number of aliphatic hydroxyl groups excluding tert-OH is 1. The summed E-state index contributed by atoms with van der Waals surface area (Å²) in [7, 11) is 0. The summed E-state index contributed by atoms with van der Waals surface area (Å²) in [4.78, 5) is 4.22. The molecule has 2 rings (SSSR count). The van der Waals surface area contributed by atoms with Crippen molar-refractivity contribution in [1.29, 1.82) is 0 Å². The maximum atomic E-state index is 8.97. The molecule has 2 aromatic heterocycles. The summed E-state index contributed by atoms with van der Waals surface area (Å²) in [6.45, 7) is 1.92. The van der Waals surface area contributed by atoms with Crippen molar-refractivity contribution < 1.29 is 5.11 Å². The van der Waals surface area contributed by atoms with Crippen LogP contribution in [-0.4, -0.2) is 14.5 Å². The quantitative estimate of drug-likeness (QED) is 0.682. The first-order valence-electron chi connectivity index (χ1n) is 3.86. The molecule has 0 spiro atoms. The van der Waals surface area contributed by atoms with E-state index in [1.54, 1.807) is 0 Å². The van der Waals surface area contributed by atoms with Crippen LogP contribution in [0, 0.1) is 6.92 Å². The van der Waals surface area contributed by atoms with Gasteiger partial charge in [-0.25, -0.2) is 4.98 Å². The minimum absolute atomic E-state index is 0.0149. The van der Waals surface area contributed by atoms with Crippen LogP contribution in [0.4, 0.5) is 0 Å². The van der Waals surface area contributed by atoms with Crippen LogP contribution in [0.15, 0.2) is 24.4 Å². The molecular formula is C9H10N2O. The molecule has 0 atom stereocenters. The molecule has 0 aromatic carbocycles. The molecule has 2 heterocycles. The third-order valence-electron chi connectivity index (χ3n) is 1.95. The van der Waals surface area contributed by atoms with Gasteiger partial charge >= 0.3 is 0 Å². The van der Waals surface area contributed by atoms with Gasteiger partial charge in [-0.2, -0.15) is 0 Å². The van der Waals surface area contributed by atoms with Crippen molar-refractivity contribution in [2.75, 3.05) is 0 Å². The fourth-order valence-corrected chi connectivity index (χ4v) is 1.38. The lowest BCUT2D eigenvalue weighted by atomic mass is 10.3. The zero-order valence-electron chi connectivity index (χ0n) is 6.86. The molecule has 12 heavy (non-hydrogen) atoms. The van der Waals surface area contributed by atoms with Crippen molar-refractivity contribution in [3.63, 3.8) is 0 Å². The summed E-state index contributed by atoms with van der Waals surface area (Å²) >= 11 is 0. The van der Waals surface area contributed by atoms with E-state index in [1.165, 1.54) is 0 Å². The average molecular weight is 162 g/mol. The van der Waals surface area contributed by atoms with Gasteiger partial charge in [-0.15, -0.1) is 0 Å². The minimum Gasteiger partial charge on any atom is -0.388 e. The van der Waals surface area contributed by atoms with Gasteiger partial charge in [0, 0.05) is 6.20 Å². The van der Waals surface area contributed by atoms with Crippen LogP contribution in [0.1, 0.15) is 11.5 Å². The second-order valence-corrected chi connectivity index (χ2v) is 2.73. The summed E-state index contributed by atoms with van der Waals surface area (Å²) in [5.41, 5.74) is 2.02. The average Bonchev–Trinajstić information content (AvgIpc) is 2.44. The second kappa shape index (κ2) is 2.60. The second-order valence-electron chi connectivity index (χ2n) is 2.73. The van der Waals surface area contributed by atoms with Gasteiger partial charge in [-0.05, 0) is 19.1 Å². The fourth-order valence-electron chi connectivity index (χ4n) is 1.38. The number of hydrogen-bond acceptors (Lipinski definition) is 2. The van der Waals surface area contributed by atoms with E-state index in [4.69, 9.17) is 5.11 Å². The van der Waals surface area contributed by atoms with Crippen molar-refractivity contribution in [2.24, 2.45) is 0 Å². The zero-order chi connectivity index (χ0) is 8.55. The van der Waals surface area contributed by atoms with Crippen molar-refractivity contribution in [2.45, 2.75) is 13.5 Å². The lowest BCUT2D eigenvalue weighted by Gasteiger charge is -1.95. The summed E-state index contributed by atoms with van der Waals surface area (Å²) in [5.74, 6) is 0.697. The van der Waals surface area contributed by atoms with E-state index in [0.29, 0.717) is 5.82 Å². The molecular weight excluding hydrogens is 152 g/mol. The number of aryl methyl sites for hydroxylation is 1. The predicted molar refractivity (Wildman–Crippen MR) is 45.9 cm³/mol. The lowest BCUT2D eigenvalue weighted by molar-refractivity contribution is 0.270. The van der Waals surface area contributed by atoms with Crippen LogP contribution >= 0.6 is 0 Å². The standard InChI is InChI=1S/C9H10N2O/c1-7-8-4-2-3-5-11(8)9(6-12)10-7/h2-5,12H,6H2,1H3. The molecule has 0 bridgehead atoms. The van der Waals surface area contributed by atoms with Crippen molar-refractivity contribution in [3.8, 4) is 0 Å². The number of hydrogen-bond donors (Lipinski definition) is 1. The lowest BCUT2D eigenvalue weighted by Crippen LogP contribution is -1.92. The molecule has 1 N–H and O–H groups in total. The number of rotatable bonds is 1. The molecule has 0 saturated heterocycles. The summed E-state index contributed by atoms with van der Waals surface area (Å²) in [6, 6.07) is 5.87. The van der Waals surface area contributed by atoms with Crippen LogP contribution in [0.5, 0.6) is 0 Å². The van der Waals surface area contributed by atoms with E-state index in [1.807, 2.05) is 35.7 Å². The number of nitrogens with zero attached hydrogens (tertiary/aromatic N) is 2. The van der Waals surface area contributed by atoms with Gasteiger partial charge in [0.1, 0.15) is 12.4 Å². The van der Waals surface area contributed by atoms with Crippen LogP contribution < -0.4 is 0 Å². The topological polar surface area (TPSA) is 37.5 Å². The van der Waals surface area contributed by atoms with Gasteiger partial charge in [0.05, 0.1) is 11.2 Å². The molecule has 0 radical (unpaired) electrons. The van der Waals surface area contributed by atoms with E-state index in [2.05, 4.69) is 4.98 Å². The summed E-state index contributed by atoms with van der Waals surface area (Å²) in [6.07, 6.45) is 1.90. The first-order chi connectivity index (χ1) is 5.83. The molecule has 0 amide bonds. The smallest absolute Gasteiger partial charge is 0.139 e. The molecule has 0 aliphatic heterocycles. The highest BCUT2D eigenvalue weighted by molar-refractivity contribution is 5.52. The molecule has 62 valence electrons. The van der Waals surface area contributed by atoms with E-state index >= 15 is 0 Å². The molecule has 3 heteroatoms. The number of fused-ring (bicyclic) bond motifs is 1. The van der Waals surface area contributed by atoms with Crippen LogP contribution in [0.3, 0.4) is 0 Å². The van der Waals surface area contributed by atoms with Crippen LogP contribution in [-0.2, 0) is 6.61 Å². The van der Waals surface area contributed by atoms with Crippen LogP contribution in [0.2, 0.25) is 0 Å². The number of pyridine rings is 1. The normalized spacial score (nSPS) is 10.8. The Bertz CT molecular complexity index is 406. The first-order valence-corrected chi connectivity index (χ1v) is 3.86. The molecule has 0 aliphatic carbocycles. The molecule has 0 fully saturated rings. The van der Waals surface area contributed by atoms with Gasteiger partial charge < -0.3 is 9.51 Å². The molecule has 3 nitrogen and oxygen atoms in total. The number of aromatic nitrogens is 2. The predicted octanol–water partition coefficient (Wildman–Crippen LogP) is 1.14. The van der Waals surface area contributed by atoms with Gasteiger partial charge in [-0.1, -0.05) is 6.07 Å². The van der Waals surface area contributed by atoms with E-state index in [9.17, 15) is 0 Å². The van der Waals surface area contributed by atoms with E-state index in [-0.39, 0.29) is 6.61 Å². The maximum Gasteiger partial charge on any atom is 0.139 e. The Morgan fingerprint density at radius 1 is 1.50 bits per heavy atom. The van der Waals surface area contributed by atoms with Crippen molar-refractivity contribution >= 4 is 5.52 Å². The van der Waals surface area contributed by atoms with Crippen LogP contribution in [0.25, 0.3) is 5.52 Å². The highest BCUT2D eigenvalue weighted by Crippen LogP contribution is 2.11. The highest BCUT2D eigenvalue weighted by Gasteiger charge is 2.04. The highest BCUT2D eigenvalue weighted by atomic mass is 16.3. The number of imidazole rings is 1. The Balaban J connectivity index is 2.82. The van der Waals surface area contributed by atoms with E-state index in [0.717, 1.165) is 11.2 Å². The largest absolute Gasteiger partial charge is 0.388 e.